The molecular formula is C7H8S. The number of hydrogen-bond donors (Lipinski definition) is 0. The van der Waals surface area contributed by atoms with Crippen molar-refractivity contribution in [2.75, 3.05) is 5.75 Å². The first-order chi connectivity index (χ1) is 3.93. The first-order valence-corrected chi connectivity index (χ1v) is 3.54. The second-order valence-electron chi connectivity index (χ2n) is 1.51. The Morgan fingerprint density at radius 3 is 3.00 bits per heavy atom. The van der Waals surface area contributed by atoms with Crippen LogP contribution in [0.3, 0.4) is 0 Å². The molecule has 0 radical (unpaired) electrons. The van der Waals surface area contributed by atoms with Gasteiger partial charge in [-0.05, 0) is 6.08 Å². The lowest BCUT2D eigenvalue weighted by molar-refractivity contribution is 1.70. The average molecular weight is 124 g/mol. The van der Waals surface area contributed by atoms with E-state index in [0.717, 1.165) is 5.75 Å². The molecule has 0 atom stereocenters. The van der Waals surface area contributed by atoms with E-state index in [1.807, 2.05) is 17.8 Å². The van der Waals surface area contributed by atoms with E-state index in [4.69, 9.17) is 0 Å². The molecule has 0 aromatic heterocycles. The Bertz CT molecular complexity index is 142. The maximum Gasteiger partial charge on any atom is 0.0163 e. The highest BCUT2D eigenvalue weighted by atomic mass is 32.2. The van der Waals surface area contributed by atoms with E-state index in [0.29, 0.717) is 0 Å². The van der Waals surface area contributed by atoms with Gasteiger partial charge >= 0.3 is 0 Å². The van der Waals surface area contributed by atoms with Crippen LogP contribution < -0.4 is 0 Å². The first-order valence-electron chi connectivity index (χ1n) is 2.55. The molecule has 0 fully saturated rings. The van der Waals surface area contributed by atoms with E-state index >= 15 is 0 Å². The van der Waals surface area contributed by atoms with Crippen LogP contribution in [0, 0.1) is 0 Å². The van der Waals surface area contributed by atoms with Crippen molar-refractivity contribution in [2.45, 2.75) is 0 Å². The lowest BCUT2D eigenvalue weighted by atomic mass is 10.4. The van der Waals surface area contributed by atoms with Gasteiger partial charge in [-0.2, -0.15) is 0 Å². The molecule has 0 N–H and O–H groups in total. The smallest absolute Gasteiger partial charge is 0.0163 e. The molecule has 1 rings (SSSR count). The molecule has 0 saturated heterocycles. The zero-order chi connectivity index (χ0) is 5.82. The molecule has 1 heteroatoms. The third-order valence-electron chi connectivity index (χ3n) is 0.944. The summed E-state index contributed by atoms with van der Waals surface area (Å²) in [6, 6.07) is 0. The lowest BCUT2D eigenvalue weighted by Crippen LogP contribution is -1.77. The van der Waals surface area contributed by atoms with Crippen LogP contribution in [0.1, 0.15) is 0 Å². The summed E-state index contributed by atoms with van der Waals surface area (Å²) in [6.07, 6.45) is 8.15. The van der Waals surface area contributed by atoms with Crippen molar-refractivity contribution in [3.05, 3.63) is 35.8 Å². The normalized spacial score (nSPS) is 17.8. The first kappa shape index (κ1) is 5.70. The van der Waals surface area contributed by atoms with Crippen molar-refractivity contribution in [3.63, 3.8) is 0 Å². The number of allylic oxidation sites excluding steroid dienone is 3. The second kappa shape index (κ2) is 2.78. The van der Waals surface area contributed by atoms with E-state index < -0.39 is 0 Å². The Labute approximate surface area is 54.0 Å². The van der Waals surface area contributed by atoms with E-state index in [9.17, 15) is 0 Å². The standard InChI is InChI=1S/C7H8S/c1-2-7-5-3-4-6-8-7/h2-5H,1,6H2. The molecule has 42 valence electrons. The molecule has 0 bridgehead atoms. The lowest BCUT2D eigenvalue weighted by Gasteiger charge is -1.99. The molecule has 0 aromatic carbocycles. The largest absolute Gasteiger partial charge is 0.122 e. The Kier molecular flexibility index (Phi) is 1.98. The molecule has 1 heterocycles. The molecule has 1 aliphatic rings. The fraction of sp³-hybridized carbons (Fsp3) is 0.143. The predicted molar refractivity (Wildman–Crippen MR) is 39.9 cm³/mol. The quantitative estimate of drug-likeness (QED) is 0.517. The highest BCUT2D eigenvalue weighted by Crippen LogP contribution is 2.19. The molecule has 0 aliphatic carbocycles. The molecule has 0 spiro atoms. The van der Waals surface area contributed by atoms with Crippen molar-refractivity contribution in [1.82, 2.24) is 0 Å². The highest BCUT2D eigenvalue weighted by Gasteiger charge is 1.91. The summed E-state index contributed by atoms with van der Waals surface area (Å²) < 4.78 is 0. The van der Waals surface area contributed by atoms with Gasteiger partial charge < -0.3 is 0 Å². The van der Waals surface area contributed by atoms with Crippen molar-refractivity contribution >= 4 is 11.8 Å². The van der Waals surface area contributed by atoms with Crippen LogP contribution in [0.15, 0.2) is 35.8 Å². The maximum atomic E-state index is 3.66. The van der Waals surface area contributed by atoms with Crippen LogP contribution in [0.25, 0.3) is 0 Å². The molecule has 0 unspecified atom stereocenters. The third kappa shape index (κ3) is 1.27. The zero-order valence-corrected chi connectivity index (χ0v) is 5.45. The van der Waals surface area contributed by atoms with Gasteiger partial charge in [0.25, 0.3) is 0 Å². The van der Waals surface area contributed by atoms with Crippen molar-refractivity contribution in [1.29, 1.82) is 0 Å². The van der Waals surface area contributed by atoms with Crippen LogP contribution in [-0.2, 0) is 0 Å². The predicted octanol–water partition coefficient (Wildman–Crippen LogP) is 2.36. The summed E-state index contributed by atoms with van der Waals surface area (Å²) in [5.41, 5.74) is 0. The molecule has 1 aliphatic heterocycles. The third-order valence-corrected chi connectivity index (χ3v) is 1.94. The molecule has 0 saturated carbocycles. The number of hydrogen-bond acceptors (Lipinski definition) is 1. The van der Waals surface area contributed by atoms with Gasteiger partial charge in [0.2, 0.25) is 0 Å². The molecule has 0 aromatic rings. The van der Waals surface area contributed by atoms with Gasteiger partial charge in [0.15, 0.2) is 0 Å². The Morgan fingerprint density at radius 2 is 2.62 bits per heavy atom. The topological polar surface area (TPSA) is 0 Å². The molecule has 0 amide bonds. The van der Waals surface area contributed by atoms with Gasteiger partial charge in [0.1, 0.15) is 0 Å². The van der Waals surface area contributed by atoms with Gasteiger partial charge in [-0.1, -0.05) is 24.8 Å². The fourth-order valence-electron chi connectivity index (χ4n) is 0.538. The second-order valence-corrected chi connectivity index (χ2v) is 2.61. The van der Waals surface area contributed by atoms with Crippen LogP contribution in [0.2, 0.25) is 0 Å². The summed E-state index contributed by atoms with van der Waals surface area (Å²) in [5.74, 6) is 1.10. The Hall–Kier alpha value is -0.430. The Balaban J connectivity index is 2.63. The van der Waals surface area contributed by atoms with Gasteiger partial charge in [-0.25, -0.2) is 0 Å². The zero-order valence-electron chi connectivity index (χ0n) is 4.63. The SMILES string of the molecule is C=CC1=CC=CCS1. The summed E-state index contributed by atoms with van der Waals surface area (Å²) in [6.45, 7) is 3.66. The van der Waals surface area contributed by atoms with Crippen LogP contribution in [-0.4, -0.2) is 5.75 Å². The van der Waals surface area contributed by atoms with Crippen LogP contribution in [0.4, 0.5) is 0 Å². The molecule has 8 heavy (non-hydrogen) atoms. The van der Waals surface area contributed by atoms with Gasteiger partial charge in [0, 0.05) is 10.7 Å². The molecule has 0 nitrogen and oxygen atoms in total. The van der Waals surface area contributed by atoms with E-state index in [-0.39, 0.29) is 0 Å². The number of rotatable bonds is 1. The van der Waals surface area contributed by atoms with Crippen molar-refractivity contribution in [2.24, 2.45) is 0 Å². The fourth-order valence-corrected chi connectivity index (χ4v) is 1.23. The van der Waals surface area contributed by atoms with Crippen molar-refractivity contribution < 1.29 is 0 Å². The van der Waals surface area contributed by atoms with E-state index in [1.54, 1.807) is 0 Å². The highest BCUT2D eigenvalue weighted by molar-refractivity contribution is 8.03. The number of thioether (sulfide) groups is 1. The van der Waals surface area contributed by atoms with E-state index in [2.05, 4.69) is 24.8 Å². The van der Waals surface area contributed by atoms with Gasteiger partial charge in [0.05, 0.1) is 0 Å². The van der Waals surface area contributed by atoms with Gasteiger partial charge in [-0.15, -0.1) is 11.8 Å². The van der Waals surface area contributed by atoms with Crippen molar-refractivity contribution in [3.8, 4) is 0 Å². The maximum absolute atomic E-state index is 3.66. The van der Waals surface area contributed by atoms with Gasteiger partial charge in [-0.3, -0.25) is 0 Å². The minimum atomic E-state index is 1.10. The minimum Gasteiger partial charge on any atom is -0.122 e. The Morgan fingerprint density at radius 1 is 1.75 bits per heavy atom. The monoisotopic (exact) mass is 124 g/mol. The molecular weight excluding hydrogens is 116 g/mol. The minimum absolute atomic E-state index is 1.10. The van der Waals surface area contributed by atoms with Crippen LogP contribution >= 0.6 is 11.8 Å². The summed E-state index contributed by atoms with van der Waals surface area (Å²) in [5, 5.41) is 0. The summed E-state index contributed by atoms with van der Waals surface area (Å²) in [4.78, 5) is 1.27. The van der Waals surface area contributed by atoms with Crippen LogP contribution in [0.5, 0.6) is 0 Å². The summed E-state index contributed by atoms with van der Waals surface area (Å²) in [7, 11) is 0. The summed E-state index contributed by atoms with van der Waals surface area (Å²) >= 11 is 1.82. The van der Waals surface area contributed by atoms with E-state index in [1.165, 1.54) is 4.91 Å². The average Bonchev–Trinajstić information content (AvgIpc) is 1.90.